The molecule has 1 aliphatic heterocycles. The van der Waals surface area contributed by atoms with E-state index in [4.69, 9.17) is 4.74 Å². The van der Waals surface area contributed by atoms with Crippen molar-refractivity contribution >= 4 is 17.2 Å². The lowest BCUT2D eigenvalue weighted by Gasteiger charge is -2.34. The standard InChI is InChI=1S/C21H28N2O2S/c1-16-8-6-9-19(17(16)2)25-15-21(24)22-14-18(20-10-7-13-26-20)23-11-4-3-5-12-23/h6-10,13,18H,3-5,11-12,14-15H2,1-2H3,(H,22,24). The Hall–Kier alpha value is -1.85. The third-order valence-electron chi connectivity index (χ3n) is 5.11. The highest BCUT2D eigenvalue weighted by molar-refractivity contribution is 7.10. The first-order chi connectivity index (χ1) is 12.6. The van der Waals surface area contributed by atoms with E-state index in [2.05, 4.69) is 27.7 Å². The Morgan fingerprint density at radius 1 is 1.19 bits per heavy atom. The Labute approximate surface area is 160 Å². The molecular weight excluding hydrogens is 344 g/mol. The van der Waals surface area contributed by atoms with Crippen molar-refractivity contribution in [3.8, 4) is 5.75 Å². The smallest absolute Gasteiger partial charge is 0.258 e. The average molecular weight is 373 g/mol. The molecule has 0 saturated carbocycles. The van der Waals surface area contributed by atoms with Crippen molar-refractivity contribution in [3.05, 3.63) is 51.7 Å². The molecule has 3 rings (SSSR count). The number of amides is 1. The van der Waals surface area contributed by atoms with Crippen LogP contribution in [0.3, 0.4) is 0 Å². The fourth-order valence-electron chi connectivity index (χ4n) is 3.41. The SMILES string of the molecule is Cc1cccc(OCC(=O)NCC(c2cccs2)N2CCCCC2)c1C. The summed E-state index contributed by atoms with van der Waals surface area (Å²) in [5, 5.41) is 5.18. The molecule has 1 saturated heterocycles. The van der Waals surface area contributed by atoms with Gasteiger partial charge in [0, 0.05) is 11.4 Å². The second kappa shape index (κ2) is 9.19. The summed E-state index contributed by atoms with van der Waals surface area (Å²) >= 11 is 1.77. The normalized spacial score (nSPS) is 16.2. The molecule has 1 amide bonds. The van der Waals surface area contributed by atoms with Crippen LogP contribution in [-0.4, -0.2) is 37.0 Å². The summed E-state index contributed by atoms with van der Waals surface area (Å²) in [4.78, 5) is 16.1. The molecule has 1 aliphatic rings. The van der Waals surface area contributed by atoms with Gasteiger partial charge in [-0.15, -0.1) is 11.3 Å². The second-order valence-electron chi connectivity index (χ2n) is 6.92. The molecule has 1 atom stereocenters. The molecule has 26 heavy (non-hydrogen) atoms. The van der Waals surface area contributed by atoms with Gasteiger partial charge in [0.05, 0.1) is 6.04 Å². The van der Waals surface area contributed by atoms with Crippen LogP contribution in [0.5, 0.6) is 5.75 Å². The van der Waals surface area contributed by atoms with Crippen molar-refractivity contribution in [3.63, 3.8) is 0 Å². The van der Waals surface area contributed by atoms with Crippen molar-refractivity contribution < 1.29 is 9.53 Å². The molecule has 0 spiro atoms. The van der Waals surface area contributed by atoms with Crippen molar-refractivity contribution in [2.45, 2.75) is 39.2 Å². The number of nitrogens with one attached hydrogen (secondary N) is 1. The first kappa shape index (κ1) is 18.9. The molecule has 5 heteroatoms. The van der Waals surface area contributed by atoms with Crippen LogP contribution < -0.4 is 10.1 Å². The number of likely N-dealkylation sites (tertiary alicyclic amines) is 1. The number of hydrogen-bond donors (Lipinski definition) is 1. The summed E-state index contributed by atoms with van der Waals surface area (Å²) in [6.07, 6.45) is 3.79. The third kappa shape index (κ3) is 4.86. The summed E-state index contributed by atoms with van der Waals surface area (Å²) in [5.74, 6) is 0.718. The van der Waals surface area contributed by atoms with Crippen LogP contribution in [-0.2, 0) is 4.79 Å². The van der Waals surface area contributed by atoms with E-state index in [1.54, 1.807) is 11.3 Å². The highest BCUT2D eigenvalue weighted by Gasteiger charge is 2.23. The maximum absolute atomic E-state index is 12.3. The van der Waals surface area contributed by atoms with Crippen LogP contribution in [0.15, 0.2) is 35.7 Å². The van der Waals surface area contributed by atoms with Crippen LogP contribution in [0.2, 0.25) is 0 Å². The minimum Gasteiger partial charge on any atom is -0.483 e. The maximum atomic E-state index is 12.3. The molecule has 1 aromatic carbocycles. The van der Waals surface area contributed by atoms with Crippen LogP contribution in [0.1, 0.15) is 41.3 Å². The van der Waals surface area contributed by atoms with Gasteiger partial charge in [0.1, 0.15) is 5.75 Å². The van der Waals surface area contributed by atoms with E-state index in [-0.39, 0.29) is 18.6 Å². The quantitative estimate of drug-likeness (QED) is 0.796. The zero-order chi connectivity index (χ0) is 18.4. The molecule has 0 radical (unpaired) electrons. The Morgan fingerprint density at radius 2 is 2.00 bits per heavy atom. The molecule has 2 heterocycles. The van der Waals surface area contributed by atoms with E-state index in [0.29, 0.717) is 6.54 Å². The van der Waals surface area contributed by atoms with Gasteiger partial charge in [0.25, 0.3) is 5.91 Å². The van der Waals surface area contributed by atoms with E-state index >= 15 is 0 Å². The lowest BCUT2D eigenvalue weighted by molar-refractivity contribution is -0.123. The first-order valence-electron chi connectivity index (χ1n) is 9.38. The second-order valence-corrected chi connectivity index (χ2v) is 7.90. The molecule has 1 aromatic heterocycles. The number of aryl methyl sites for hydroxylation is 1. The summed E-state index contributed by atoms with van der Waals surface area (Å²) in [5.41, 5.74) is 2.26. The zero-order valence-corrected chi connectivity index (χ0v) is 16.5. The molecule has 4 nitrogen and oxygen atoms in total. The van der Waals surface area contributed by atoms with Gasteiger partial charge in [-0.05, 0) is 68.4 Å². The highest BCUT2D eigenvalue weighted by atomic mass is 32.1. The molecule has 0 aliphatic carbocycles. The predicted octanol–water partition coefficient (Wildman–Crippen LogP) is 4.09. The summed E-state index contributed by atoms with van der Waals surface area (Å²) in [6.45, 7) is 6.98. The Balaban J connectivity index is 1.54. The van der Waals surface area contributed by atoms with Gasteiger partial charge >= 0.3 is 0 Å². The molecular formula is C21H28N2O2S. The largest absolute Gasteiger partial charge is 0.483 e. The Morgan fingerprint density at radius 3 is 2.73 bits per heavy atom. The fraction of sp³-hybridized carbons (Fsp3) is 0.476. The van der Waals surface area contributed by atoms with E-state index in [1.807, 2.05) is 32.0 Å². The topological polar surface area (TPSA) is 41.6 Å². The van der Waals surface area contributed by atoms with Crippen LogP contribution in [0.25, 0.3) is 0 Å². The molecule has 0 bridgehead atoms. The fourth-order valence-corrected chi connectivity index (χ4v) is 4.27. The van der Waals surface area contributed by atoms with Crippen LogP contribution in [0, 0.1) is 13.8 Å². The summed E-state index contributed by atoms with van der Waals surface area (Å²) in [6, 6.07) is 10.4. The van der Waals surface area contributed by atoms with Gasteiger partial charge in [0.15, 0.2) is 6.61 Å². The van der Waals surface area contributed by atoms with E-state index in [1.165, 1.54) is 29.7 Å². The Bertz CT molecular complexity index is 709. The van der Waals surface area contributed by atoms with Gasteiger partial charge in [-0.25, -0.2) is 0 Å². The zero-order valence-electron chi connectivity index (χ0n) is 15.7. The number of carbonyl (C=O) groups excluding carboxylic acids is 1. The number of rotatable bonds is 7. The first-order valence-corrected chi connectivity index (χ1v) is 10.3. The van der Waals surface area contributed by atoms with Crippen molar-refractivity contribution in [2.24, 2.45) is 0 Å². The number of piperidine rings is 1. The maximum Gasteiger partial charge on any atom is 0.258 e. The predicted molar refractivity (Wildman–Crippen MR) is 107 cm³/mol. The molecule has 1 N–H and O–H groups in total. The Kier molecular flexibility index (Phi) is 6.69. The summed E-state index contributed by atoms with van der Waals surface area (Å²) in [7, 11) is 0. The van der Waals surface area contributed by atoms with E-state index in [0.717, 1.165) is 24.4 Å². The lowest BCUT2D eigenvalue weighted by atomic mass is 10.1. The lowest BCUT2D eigenvalue weighted by Crippen LogP contribution is -2.41. The molecule has 2 aromatic rings. The van der Waals surface area contributed by atoms with Crippen molar-refractivity contribution in [1.82, 2.24) is 10.2 Å². The van der Waals surface area contributed by atoms with Gasteiger partial charge in [-0.2, -0.15) is 0 Å². The van der Waals surface area contributed by atoms with Gasteiger partial charge in [-0.1, -0.05) is 24.6 Å². The van der Waals surface area contributed by atoms with Crippen molar-refractivity contribution in [2.75, 3.05) is 26.2 Å². The van der Waals surface area contributed by atoms with Crippen LogP contribution >= 0.6 is 11.3 Å². The highest BCUT2D eigenvalue weighted by Crippen LogP contribution is 2.27. The van der Waals surface area contributed by atoms with E-state index < -0.39 is 0 Å². The van der Waals surface area contributed by atoms with Gasteiger partial charge in [0.2, 0.25) is 0 Å². The van der Waals surface area contributed by atoms with Crippen molar-refractivity contribution in [1.29, 1.82) is 0 Å². The van der Waals surface area contributed by atoms with Gasteiger partial charge < -0.3 is 10.1 Å². The number of carbonyl (C=O) groups is 1. The third-order valence-corrected chi connectivity index (χ3v) is 6.08. The minimum atomic E-state index is -0.0653. The van der Waals surface area contributed by atoms with Crippen LogP contribution in [0.4, 0.5) is 0 Å². The van der Waals surface area contributed by atoms with Gasteiger partial charge in [-0.3, -0.25) is 9.69 Å². The summed E-state index contributed by atoms with van der Waals surface area (Å²) < 4.78 is 5.72. The molecule has 1 unspecified atom stereocenters. The molecule has 1 fully saturated rings. The number of thiophene rings is 1. The number of hydrogen-bond acceptors (Lipinski definition) is 4. The minimum absolute atomic E-state index is 0.0570. The number of benzene rings is 1. The molecule has 140 valence electrons. The van der Waals surface area contributed by atoms with E-state index in [9.17, 15) is 4.79 Å². The average Bonchev–Trinajstić information content (AvgIpc) is 3.18. The number of ether oxygens (including phenoxy) is 1. The monoisotopic (exact) mass is 372 g/mol. The number of nitrogens with zero attached hydrogens (tertiary/aromatic N) is 1.